The van der Waals surface area contributed by atoms with E-state index in [0.717, 1.165) is 12.1 Å². The molecule has 0 spiro atoms. The van der Waals surface area contributed by atoms with Gasteiger partial charge in [0.1, 0.15) is 0 Å². The zero-order chi connectivity index (χ0) is 10.7. The molecule has 0 aliphatic carbocycles. The topological polar surface area (TPSA) is 52.4 Å². The maximum absolute atomic E-state index is 13.2. The summed E-state index contributed by atoms with van der Waals surface area (Å²) in [6, 6.07) is 2.15. The summed E-state index contributed by atoms with van der Waals surface area (Å²) < 4.78 is 18.2. The fourth-order valence-electron chi connectivity index (χ4n) is 0.916. The number of benzene rings is 1. The Bertz CT molecular complexity index is 370. The molecule has 0 saturated heterocycles. The van der Waals surface area contributed by atoms with Crippen molar-refractivity contribution in [1.82, 2.24) is 0 Å². The van der Waals surface area contributed by atoms with Crippen molar-refractivity contribution in [2.24, 2.45) is 0 Å². The van der Waals surface area contributed by atoms with Gasteiger partial charge in [-0.1, -0.05) is 0 Å². The third-order valence-electron chi connectivity index (χ3n) is 1.49. The molecule has 4 nitrogen and oxygen atoms in total. The molecule has 0 aromatic heterocycles. The summed E-state index contributed by atoms with van der Waals surface area (Å²) in [5.41, 5.74) is -0.207. The number of nitrogens with zero attached hydrogens (tertiary/aromatic N) is 1. The molecule has 0 heterocycles. The molecule has 0 fully saturated rings. The Labute approximate surface area is 88.0 Å². The Balaban J connectivity index is 3.20. The molecule has 1 aromatic carbocycles. The number of rotatable bonds is 3. The van der Waals surface area contributed by atoms with Crippen molar-refractivity contribution in [3.8, 4) is 5.75 Å². The zero-order valence-electron chi connectivity index (χ0n) is 7.29. The van der Waals surface area contributed by atoms with Crippen LogP contribution in [0.1, 0.15) is 6.92 Å². The molecule has 0 amide bonds. The standard InChI is InChI=1S/C8H7BrFNO3/c1-2-14-7-4-5(11(12)13)3-6(9)8(7)10/h3-4H,2H2,1H3. The molecule has 0 aliphatic heterocycles. The Morgan fingerprint density at radius 3 is 2.79 bits per heavy atom. The van der Waals surface area contributed by atoms with Gasteiger partial charge in [-0.2, -0.15) is 0 Å². The third-order valence-corrected chi connectivity index (χ3v) is 2.07. The summed E-state index contributed by atoms with van der Waals surface area (Å²) in [7, 11) is 0. The van der Waals surface area contributed by atoms with Crippen LogP contribution in [0.3, 0.4) is 0 Å². The second-order valence-corrected chi connectivity index (χ2v) is 3.28. The molecule has 0 unspecified atom stereocenters. The smallest absolute Gasteiger partial charge is 0.274 e. The van der Waals surface area contributed by atoms with E-state index in [1.54, 1.807) is 6.92 Å². The highest BCUT2D eigenvalue weighted by atomic mass is 79.9. The molecule has 0 radical (unpaired) electrons. The lowest BCUT2D eigenvalue weighted by molar-refractivity contribution is -0.385. The highest BCUT2D eigenvalue weighted by molar-refractivity contribution is 9.10. The first-order valence-electron chi connectivity index (χ1n) is 3.82. The van der Waals surface area contributed by atoms with Gasteiger partial charge in [0.2, 0.25) is 0 Å². The van der Waals surface area contributed by atoms with Gasteiger partial charge in [-0.3, -0.25) is 10.1 Å². The lowest BCUT2D eigenvalue weighted by atomic mass is 10.3. The van der Waals surface area contributed by atoms with Crippen molar-refractivity contribution in [3.63, 3.8) is 0 Å². The van der Waals surface area contributed by atoms with Gasteiger partial charge in [0.05, 0.1) is 22.1 Å². The molecule has 6 heteroatoms. The largest absolute Gasteiger partial charge is 0.490 e. The average Bonchev–Trinajstić information content (AvgIpc) is 2.12. The first-order chi connectivity index (χ1) is 6.56. The van der Waals surface area contributed by atoms with E-state index in [9.17, 15) is 14.5 Å². The lowest BCUT2D eigenvalue weighted by Gasteiger charge is -2.05. The minimum absolute atomic E-state index is 0.0233. The maximum Gasteiger partial charge on any atom is 0.274 e. The fraction of sp³-hybridized carbons (Fsp3) is 0.250. The van der Waals surface area contributed by atoms with Crippen molar-refractivity contribution < 1.29 is 14.1 Å². The van der Waals surface area contributed by atoms with E-state index in [4.69, 9.17) is 4.74 Å². The number of hydrogen-bond donors (Lipinski definition) is 0. The average molecular weight is 264 g/mol. The van der Waals surface area contributed by atoms with E-state index >= 15 is 0 Å². The van der Waals surface area contributed by atoms with Crippen LogP contribution in [0.15, 0.2) is 16.6 Å². The van der Waals surface area contributed by atoms with E-state index in [1.807, 2.05) is 0 Å². The van der Waals surface area contributed by atoms with Gasteiger partial charge in [-0.25, -0.2) is 4.39 Å². The molecule has 14 heavy (non-hydrogen) atoms. The van der Waals surface area contributed by atoms with E-state index in [0.29, 0.717) is 0 Å². The summed E-state index contributed by atoms with van der Waals surface area (Å²) in [5.74, 6) is -0.744. The van der Waals surface area contributed by atoms with Gasteiger partial charge in [0.15, 0.2) is 11.6 Å². The second kappa shape index (κ2) is 4.36. The Hall–Kier alpha value is -1.17. The van der Waals surface area contributed by atoms with Crippen LogP contribution in [0.25, 0.3) is 0 Å². The Kier molecular flexibility index (Phi) is 3.40. The van der Waals surface area contributed by atoms with E-state index in [2.05, 4.69) is 15.9 Å². The molecule has 76 valence electrons. The number of ether oxygens (including phenoxy) is 1. The van der Waals surface area contributed by atoms with E-state index < -0.39 is 10.7 Å². The normalized spacial score (nSPS) is 9.93. The fourth-order valence-corrected chi connectivity index (χ4v) is 1.35. The Morgan fingerprint density at radius 2 is 2.29 bits per heavy atom. The summed E-state index contributed by atoms with van der Waals surface area (Å²) in [6.45, 7) is 1.93. The SMILES string of the molecule is CCOc1cc([N+](=O)[O-])cc(Br)c1F. The second-order valence-electron chi connectivity index (χ2n) is 2.43. The molecular weight excluding hydrogens is 257 g/mol. The molecule has 1 aromatic rings. The minimum Gasteiger partial charge on any atom is -0.490 e. The van der Waals surface area contributed by atoms with Crippen LogP contribution < -0.4 is 4.74 Å². The molecule has 0 bridgehead atoms. The van der Waals surface area contributed by atoms with E-state index in [-0.39, 0.29) is 22.5 Å². The predicted octanol–water partition coefficient (Wildman–Crippen LogP) is 2.90. The van der Waals surface area contributed by atoms with Gasteiger partial charge in [0, 0.05) is 6.07 Å². The van der Waals surface area contributed by atoms with Crippen molar-refractivity contribution >= 4 is 21.6 Å². The van der Waals surface area contributed by atoms with Crippen molar-refractivity contribution in [3.05, 3.63) is 32.5 Å². The predicted molar refractivity (Wildman–Crippen MR) is 51.9 cm³/mol. The molecule has 0 N–H and O–H groups in total. The molecule has 0 atom stereocenters. The van der Waals surface area contributed by atoms with Crippen LogP contribution in [-0.4, -0.2) is 11.5 Å². The first kappa shape index (κ1) is 10.9. The van der Waals surface area contributed by atoms with Gasteiger partial charge in [-0.05, 0) is 22.9 Å². The van der Waals surface area contributed by atoms with Crippen molar-refractivity contribution in [1.29, 1.82) is 0 Å². The molecular formula is C8H7BrFNO3. The van der Waals surface area contributed by atoms with Crippen molar-refractivity contribution in [2.45, 2.75) is 6.92 Å². The minimum atomic E-state index is -0.627. The molecule has 0 saturated carbocycles. The highest BCUT2D eigenvalue weighted by Crippen LogP contribution is 2.30. The summed E-state index contributed by atoms with van der Waals surface area (Å²) in [6.07, 6.45) is 0. The first-order valence-corrected chi connectivity index (χ1v) is 4.61. The number of hydrogen-bond acceptors (Lipinski definition) is 3. The highest BCUT2D eigenvalue weighted by Gasteiger charge is 2.15. The monoisotopic (exact) mass is 263 g/mol. The number of non-ortho nitro benzene ring substituents is 1. The zero-order valence-corrected chi connectivity index (χ0v) is 8.88. The molecule has 1 rings (SSSR count). The van der Waals surface area contributed by atoms with Gasteiger partial charge in [0.25, 0.3) is 5.69 Å². The van der Waals surface area contributed by atoms with Crippen LogP contribution in [-0.2, 0) is 0 Å². The maximum atomic E-state index is 13.2. The third kappa shape index (κ3) is 2.20. The quantitative estimate of drug-likeness (QED) is 0.623. The number of nitro benzene ring substituents is 1. The van der Waals surface area contributed by atoms with Gasteiger partial charge < -0.3 is 4.74 Å². The van der Waals surface area contributed by atoms with Crippen LogP contribution in [0.4, 0.5) is 10.1 Å². The number of halogens is 2. The van der Waals surface area contributed by atoms with Crippen LogP contribution in [0, 0.1) is 15.9 Å². The van der Waals surface area contributed by atoms with Gasteiger partial charge in [-0.15, -0.1) is 0 Å². The molecule has 0 aliphatic rings. The summed E-state index contributed by atoms with van der Waals surface area (Å²) in [4.78, 5) is 9.82. The summed E-state index contributed by atoms with van der Waals surface area (Å²) in [5, 5.41) is 10.4. The lowest BCUT2D eigenvalue weighted by Crippen LogP contribution is -1.97. The van der Waals surface area contributed by atoms with E-state index in [1.165, 1.54) is 0 Å². The van der Waals surface area contributed by atoms with Gasteiger partial charge >= 0.3 is 0 Å². The number of nitro groups is 1. The summed E-state index contributed by atoms with van der Waals surface area (Å²) >= 11 is 2.88. The van der Waals surface area contributed by atoms with Crippen LogP contribution >= 0.6 is 15.9 Å². The van der Waals surface area contributed by atoms with Crippen LogP contribution in [0.5, 0.6) is 5.75 Å². The van der Waals surface area contributed by atoms with Crippen molar-refractivity contribution in [2.75, 3.05) is 6.61 Å². The van der Waals surface area contributed by atoms with Crippen LogP contribution in [0.2, 0.25) is 0 Å². The Morgan fingerprint density at radius 1 is 1.64 bits per heavy atom.